The Morgan fingerprint density at radius 1 is 1.29 bits per heavy atom. The number of rotatable bonds is 7. The number of hydrogen-bond donors (Lipinski definition) is 1. The highest BCUT2D eigenvalue weighted by atomic mass is 32.2. The second-order valence-electron chi connectivity index (χ2n) is 7.11. The number of sulfonamides is 1. The molecule has 158 valence electrons. The molecule has 7 nitrogen and oxygen atoms in total. The Bertz CT molecular complexity index is 745. The van der Waals surface area contributed by atoms with Gasteiger partial charge in [-0.1, -0.05) is 12.1 Å². The summed E-state index contributed by atoms with van der Waals surface area (Å²) in [5.41, 5.74) is 0.943. The Hall–Kier alpha value is -1.71. The number of hydrogen-bond acceptors (Lipinski definition) is 4. The van der Waals surface area contributed by atoms with E-state index in [1.165, 1.54) is 16.4 Å². The van der Waals surface area contributed by atoms with Crippen molar-refractivity contribution >= 4 is 16.0 Å². The lowest BCUT2D eigenvalue weighted by molar-refractivity contribution is -0.0440. The second kappa shape index (κ2) is 10.2. The number of nitrogens with one attached hydrogen (secondary N) is 1. The molecule has 0 spiro atoms. The van der Waals surface area contributed by atoms with E-state index in [9.17, 15) is 12.8 Å². The highest BCUT2D eigenvalue weighted by Crippen LogP contribution is 2.15. The van der Waals surface area contributed by atoms with Gasteiger partial charge in [-0.3, -0.25) is 4.99 Å². The SMILES string of the molecule is CCNC(=NCCS(=O)(=O)N1CC(C)OC(C)C1)N(C)Cc1ccc(F)cc1. The molecule has 1 aromatic carbocycles. The van der Waals surface area contributed by atoms with Gasteiger partial charge >= 0.3 is 0 Å². The van der Waals surface area contributed by atoms with Gasteiger partial charge in [-0.25, -0.2) is 12.8 Å². The molecule has 0 bridgehead atoms. The van der Waals surface area contributed by atoms with E-state index in [4.69, 9.17) is 4.74 Å². The fourth-order valence-corrected chi connectivity index (χ4v) is 4.62. The third kappa shape index (κ3) is 6.72. The Balaban J connectivity index is 1.98. The number of guanidine groups is 1. The van der Waals surface area contributed by atoms with Gasteiger partial charge < -0.3 is 15.0 Å². The molecule has 9 heteroatoms. The average molecular weight is 415 g/mol. The summed E-state index contributed by atoms with van der Waals surface area (Å²) in [6.45, 7) is 7.83. The summed E-state index contributed by atoms with van der Waals surface area (Å²) >= 11 is 0. The molecule has 1 N–H and O–H groups in total. The monoisotopic (exact) mass is 414 g/mol. The van der Waals surface area contributed by atoms with Crippen LogP contribution in [-0.2, 0) is 21.3 Å². The van der Waals surface area contributed by atoms with Crippen LogP contribution in [0.3, 0.4) is 0 Å². The topological polar surface area (TPSA) is 74.2 Å². The maximum Gasteiger partial charge on any atom is 0.216 e. The summed E-state index contributed by atoms with van der Waals surface area (Å²) in [4.78, 5) is 6.36. The van der Waals surface area contributed by atoms with Gasteiger partial charge in [-0.2, -0.15) is 4.31 Å². The van der Waals surface area contributed by atoms with Crippen LogP contribution in [-0.4, -0.2) is 74.8 Å². The van der Waals surface area contributed by atoms with Crippen molar-refractivity contribution in [3.63, 3.8) is 0 Å². The highest BCUT2D eigenvalue weighted by Gasteiger charge is 2.30. The molecule has 2 unspecified atom stereocenters. The molecule has 0 saturated carbocycles. The Kier molecular flexibility index (Phi) is 8.21. The smallest absolute Gasteiger partial charge is 0.216 e. The largest absolute Gasteiger partial charge is 0.373 e. The number of nitrogens with zero attached hydrogens (tertiary/aromatic N) is 3. The van der Waals surface area contributed by atoms with Gasteiger partial charge in [-0.05, 0) is 38.5 Å². The zero-order chi connectivity index (χ0) is 20.7. The number of halogens is 1. The van der Waals surface area contributed by atoms with Gasteiger partial charge in [0, 0.05) is 33.2 Å². The molecule has 1 fully saturated rings. The highest BCUT2D eigenvalue weighted by molar-refractivity contribution is 7.89. The summed E-state index contributed by atoms with van der Waals surface area (Å²) in [5, 5.41) is 3.17. The molecule has 0 aromatic heterocycles. The number of morpholine rings is 1. The summed E-state index contributed by atoms with van der Waals surface area (Å²) in [7, 11) is -1.53. The van der Waals surface area contributed by atoms with Crippen LogP contribution in [0.1, 0.15) is 26.3 Å². The molecule has 1 aromatic rings. The molecule has 0 aliphatic carbocycles. The summed E-state index contributed by atoms with van der Waals surface area (Å²) in [5.74, 6) is 0.292. The minimum atomic E-state index is -3.39. The van der Waals surface area contributed by atoms with Gasteiger partial charge in [0.2, 0.25) is 10.0 Å². The van der Waals surface area contributed by atoms with Crippen LogP contribution < -0.4 is 5.32 Å². The summed E-state index contributed by atoms with van der Waals surface area (Å²) < 4.78 is 45.5. The van der Waals surface area contributed by atoms with Crippen molar-refractivity contribution in [3.05, 3.63) is 35.6 Å². The number of ether oxygens (including phenoxy) is 1. The minimum absolute atomic E-state index is 0.0499. The molecule has 0 radical (unpaired) electrons. The van der Waals surface area contributed by atoms with Crippen molar-refractivity contribution in [3.8, 4) is 0 Å². The minimum Gasteiger partial charge on any atom is -0.373 e. The first-order valence-corrected chi connectivity index (χ1v) is 11.2. The van der Waals surface area contributed by atoms with Gasteiger partial charge in [0.05, 0.1) is 24.5 Å². The molecular weight excluding hydrogens is 383 g/mol. The van der Waals surface area contributed by atoms with Gasteiger partial charge in [-0.15, -0.1) is 0 Å². The van der Waals surface area contributed by atoms with Crippen LogP contribution >= 0.6 is 0 Å². The van der Waals surface area contributed by atoms with Crippen molar-refractivity contribution in [2.75, 3.05) is 39.0 Å². The fraction of sp³-hybridized carbons (Fsp3) is 0.632. The molecule has 28 heavy (non-hydrogen) atoms. The van der Waals surface area contributed by atoms with Crippen molar-refractivity contribution in [2.24, 2.45) is 4.99 Å². The first kappa shape index (κ1) is 22.6. The Morgan fingerprint density at radius 3 is 2.46 bits per heavy atom. The lowest BCUT2D eigenvalue weighted by Crippen LogP contribution is -2.49. The van der Waals surface area contributed by atoms with E-state index in [0.717, 1.165) is 5.56 Å². The quantitative estimate of drug-likeness (QED) is 0.543. The molecule has 2 rings (SSSR count). The number of benzene rings is 1. The zero-order valence-corrected chi connectivity index (χ0v) is 17.9. The van der Waals surface area contributed by atoms with E-state index in [1.807, 2.05) is 32.7 Å². The second-order valence-corrected chi connectivity index (χ2v) is 9.20. The van der Waals surface area contributed by atoms with Gasteiger partial charge in [0.1, 0.15) is 5.82 Å². The summed E-state index contributed by atoms with van der Waals surface area (Å²) in [6.07, 6.45) is -0.220. The van der Waals surface area contributed by atoms with E-state index in [1.54, 1.807) is 12.1 Å². The normalized spacial score (nSPS) is 21.5. The van der Waals surface area contributed by atoms with Crippen molar-refractivity contribution < 1.29 is 17.5 Å². The van der Waals surface area contributed by atoms with E-state index in [-0.39, 0.29) is 30.3 Å². The van der Waals surface area contributed by atoms with E-state index >= 15 is 0 Å². The summed E-state index contributed by atoms with van der Waals surface area (Å²) in [6, 6.07) is 6.29. The maximum absolute atomic E-state index is 13.1. The molecule has 1 aliphatic rings. The number of aliphatic imine (C=N–C) groups is 1. The standard InChI is InChI=1S/C19H31FN4O3S/c1-5-21-19(23(4)14-17-6-8-18(20)9-7-17)22-10-11-28(25,26)24-12-15(2)27-16(3)13-24/h6-9,15-16H,5,10-14H2,1-4H3,(H,21,22). The van der Waals surface area contributed by atoms with Crippen LogP contribution in [0.15, 0.2) is 29.3 Å². The first-order chi connectivity index (χ1) is 13.2. The van der Waals surface area contributed by atoms with Crippen molar-refractivity contribution in [2.45, 2.75) is 39.5 Å². The lowest BCUT2D eigenvalue weighted by Gasteiger charge is -2.34. The fourth-order valence-electron chi connectivity index (χ4n) is 3.16. The van der Waals surface area contributed by atoms with Crippen molar-refractivity contribution in [1.29, 1.82) is 0 Å². The van der Waals surface area contributed by atoms with E-state index < -0.39 is 10.0 Å². The van der Waals surface area contributed by atoms with Crippen LogP contribution in [0.4, 0.5) is 4.39 Å². The van der Waals surface area contributed by atoms with Crippen LogP contribution in [0.2, 0.25) is 0 Å². The predicted molar refractivity (Wildman–Crippen MR) is 109 cm³/mol. The average Bonchev–Trinajstić information content (AvgIpc) is 2.62. The van der Waals surface area contributed by atoms with E-state index in [2.05, 4.69) is 10.3 Å². The molecular formula is C19H31FN4O3S. The molecule has 1 aliphatic heterocycles. The van der Waals surface area contributed by atoms with Gasteiger partial charge in [0.15, 0.2) is 5.96 Å². The first-order valence-electron chi connectivity index (χ1n) is 9.58. The van der Waals surface area contributed by atoms with Crippen molar-refractivity contribution in [1.82, 2.24) is 14.5 Å². The third-order valence-corrected chi connectivity index (χ3v) is 6.20. The Morgan fingerprint density at radius 2 is 1.89 bits per heavy atom. The van der Waals surface area contributed by atoms with Crippen LogP contribution in [0, 0.1) is 5.82 Å². The van der Waals surface area contributed by atoms with E-state index in [0.29, 0.717) is 32.1 Å². The Labute approximate surface area is 167 Å². The predicted octanol–water partition coefficient (Wildman–Crippen LogP) is 1.66. The maximum atomic E-state index is 13.1. The lowest BCUT2D eigenvalue weighted by atomic mass is 10.2. The molecule has 0 amide bonds. The molecule has 1 heterocycles. The molecule has 2 atom stereocenters. The zero-order valence-electron chi connectivity index (χ0n) is 17.1. The third-order valence-electron chi connectivity index (χ3n) is 4.42. The van der Waals surface area contributed by atoms with Crippen LogP contribution in [0.25, 0.3) is 0 Å². The van der Waals surface area contributed by atoms with Crippen LogP contribution in [0.5, 0.6) is 0 Å². The molecule has 1 saturated heterocycles. The van der Waals surface area contributed by atoms with Gasteiger partial charge in [0.25, 0.3) is 0 Å².